The maximum Gasteiger partial charge on any atom is 0.314 e. The fourth-order valence-corrected chi connectivity index (χ4v) is 1.73. The Morgan fingerprint density at radius 2 is 1.12 bits per heavy atom. The molecule has 4 N–H and O–H groups in total. The lowest BCUT2D eigenvalue weighted by Crippen LogP contribution is -2.19. The molecule has 0 saturated heterocycles. The van der Waals surface area contributed by atoms with Crippen LogP contribution in [0.3, 0.4) is 0 Å². The Kier molecular flexibility index (Phi) is 8.35. The molecule has 0 aromatic carbocycles. The van der Waals surface area contributed by atoms with E-state index in [1.807, 2.05) is 0 Å². The molecule has 1 aliphatic rings. The predicted octanol–water partition coefficient (Wildman–Crippen LogP) is 0.323. The van der Waals surface area contributed by atoms with Crippen LogP contribution in [0.1, 0.15) is 32.1 Å². The lowest BCUT2D eigenvalue weighted by atomic mass is 9.83. The minimum atomic E-state index is -1.31. The lowest BCUT2D eigenvalue weighted by Gasteiger charge is -2.25. The molecule has 0 spiro atoms. The Morgan fingerprint density at radius 1 is 0.824 bits per heavy atom. The summed E-state index contributed by atoms with van der Waals surface area (Å²) < 4.78 is 0. The highest BCUT2D eigenvalue weighted by atomic mass is 16.4. The van der Waals surface area contributed by atoms with Gasteiger partial charge in [-0.25, -0.2) is 0 Å². The molecular formula is C11H20O6. The standard InChI is InChI=1S/C8H16O2.C3H4O4/c9-5-7-1-2-8(6-10)4-3-7;4-2(5)1-3(6)7/h7-10H,1-6H2;1H2,(H,4,5)(H,6,7). The average Bonchev–Trinajstić information content (AvgIpc) is 2.28. The van der Waals surface area contributed by atoms with Crippen molar-refractivity contribution in [3.8, 4) is 0 Å². The molecule has 1 saturated carbocycles. The Balaban J connectivity index is 0.000000325. The van der Waals surface area contributed by atoms with Crippen LogP contribution in [-0.4, -0.2) is 45.6 Å². The SMILES string of the molecule is O=C(O)CC(=O)O.OCC1CCC(CO)CC1. The van der Waals surface area contributed by atoms with Crippen molar-refractivity contribution in [2.45, 2.75) is 32.1 Å². The Morgan fingerprint density at radius 3 is 1.24 bits per heavy atom. The summed E-state index contributed by atoms with van der Waals surface area (Å²) in [7, 11) is 0. The Bertz CT molecular complexity index is 208. The molecule has 0 heterocycles. The quantitative estimate of drug-likeness (QED) is 0.533. The molecule has 100 valence electrons. The number of carbonyl (C=O) groups is 2. The van der Waals surface area contributed by atoms with Crippen molar-refractivity contribution in [1.82, 2.24) is 0 Å². The second-order valence-electron chi connectivity index (χ2n) is 4.22. The first kappa shape index (κ1) is 15.9. The van der Waals surface area contributed by atoms with Gasteiger partial charge in [0.25, 0.3) is 0 Å². The van der Waals surface area contributed by atoms with Crippen LogP contribution in [0, 0.1) is 11.8 Å². The highest BCUT2D eigenvalue weighted by Crippen LogP contribution is 2.27. The van der Waals surface area contributed by atoms with E-state index < -0.39 is 18.4 Å². The van der Waals surface area contributed by atoms with Gasteiger partial charge < -0.3 is 20.4 Å². The molecule has 0 radical (unpaired) electrons. The lowest BCUT2D eigenvalue weighted by molar-refractivity contribution is -0.147. The fraction of sp³-hybridized carbons (Fsp3) is 0.818. The number of hydrogen-bond acceptors (Lipinski definition) is 4. The largest absolute Gasteiger partial charge is 0.481 e. The minimum absolute atomic E-state index is 0.331. The molecule has 0 aliphatic heterocycles. The highest BCUT2D eigenvalue weighted by molar-refractivity contribution is 5.88. The van der Waals surface area contributed by atoms with E-state index in [9.17, 15) is 9.59 Å². The summed E-state index contributed by atoms with van der Waals surface area (Å²) >= 11 is 0. The molecule has 0 unspecified atom stereocenters. The van der Waals surface area contributed by atoms with Crippen LogP contribution >= 0.6 is 0 Å². The monoisotopic (exact) mass is 248 g/mol. The molecule has 0 bridgehead atoms. The van der Waals surface area contributed by atoms with Crippen LogP contribution in [0.25, 0.3) is 0 Å². The minimum Gasteiger partial charge on any atom is -0.481 e. The van der Waals surface area contributed by atoms with E-state index in [1.165, 1.54) is 0 Å². The second-order valence-corrected chi connectivity index (χ2v) is 4.22. The van der Waals surface area contributed by atoms with Crippen LogP contribution in [0.5, 0.6) is 0 Å². The van der Waals surface area contributed by atoms with E-state index in [2.05, 4.69) is 0 Å². The van der Waals surface area contributed by atoms with Gasteiger partial charge in [-0.2, -0.15) is 0 Å². The summed E-state index contributed by atoms with van der Waals surface area (Å²) in [6.45, 7) is 0.663. The molecule has 6 nitrogen and oxygen atoms in total. The fourth-order valence-electron chi connectivity index (χ4n) is 1.73. The normalized spacial score (nSPS) is 23.4. The van der Waals surface area contributed by atoms with Crippen molar-refractivity contribution in [3.63, 3.8) is 0 Å². The van der Waals surface area contributed by atoms with E-state index in [1.54, 1.807) is 0 Å². The van der Waals surface area contributed by atoms with Gasteiger partial charge in [-0.05, 0) is 37.5 Å². The topological polar surface area (TPSA) is 115 Å². The summed E-state index contributed by atoms with van der Waals surface area (Å²) in [5.74, 6) is -1.59. The first-order chi connectivity index (χ1) is 7.99. The van der Waals surface area contributed by atoms with Crippen molar-refractivity contribution in [3.05, 3.63) is 0 Å². The number of hydrogen-bond donors (Lipinski definition) is 4. The summed E-state index contributed by atoms with van der Waals surface area (Å²) in [6, 6.07) is 0. The van der Waals surface area contributed by atoms with Gasteiger partial charge in [-0.1, -0.05) is 0 Å². The molecule has 0 amide bonds. The zero-order valence-electron chi connectivity index (χ0n) is 9.71. The zero-order chi connectivity index (χ0) is 13.3. The van der Waals surface area contributed by atoms with E-state index in [4.69, 9.17) is 20.4 Å². The van der Waals surface area contributed by atoms with Gasteiger partial charge in [-0.3, -0.25) is 9.59 Å². The molecule has 6 heteroatoms. The van der Waals surface area contributed by atoms with Crippen molar-refractivity contribution >= 4 is 11.9 Å². The van der Waals surface area contributed by atoms with E-state index in [-0.39, 0.29) is 0 Å². The van der Waals surface area contributed by atoms with E-state index >= 15 is 0 Å². The number of aliphatic carboxylic acids is 2. The molecule has 1 rings (SSSR count). The number of carboxylic acid groups (broad SMARTS) is 2. The average molecular weight is 248 g/mol. The maximum absolute atomic E-state index is 9.43. The zero-order valence-corrected chi connectivity index (χ0v) is 9.71. The van der Waals surface area contributed by atoms with Crippen LogP contribution in [-0.2, 0) is 9.59 Å². The Hall–Kier alpha value is -1.14. The van der Waals surface area contributed by atoms with Gasteiger partial charge in [-0.15, -0.1) is 0 Å². The summed E-state index contributed by atoms with van der Waals surface area (Å²) in [4.78, 5) is 18.9. The van der Waals surface area contributed by atoms with Crippen molar-refractivity contribution in [1.29, 1.82) is 0 Å². The number of rotatable bonds is 4. The molecule has 17 heavy (non-hydrogen) atoms. The third kappa shape index (κ3) is 8.65. The van der Waals surface area contributed by atoms with Crippen LogP contribution in [0.2, 0.25) is 0 Å². The molecule has 0 aromatic rings. The molecule has 0 aromatic heterocycles. The summed E-state index contributed by atoms with van der Waals surface area (Å²) in [6.07, 6.45) is 3.59. The van der Waals surface area contributed by atoms with Crippen molar-refractivity contribution < 1.29 is 30.0 Å². The number of carboxylic acids is 2. The smallest absolute Gasteiger partial charge is 0.314 e. The van der Waals surface area contributed by atoms with Gasteiger partial charge in [0.15, 0.2) is 0 Å². The van der Waals surface area contributed by atoms with Crippen LogP contribution in [0.4, 0.5) is 0 Å². The van der Waals surface area contributed by atoms with Gasteiger partial charge in [0, 0.05) is 13.2 Å². The first-order valence-corrected chi connectivity index (χ1v) is 5.64. The van der Waals surface area contributed by atoms with Crippen LogP contribution < -0.4 is 0 Å². The number of aliphatic hydroxyl groups excluding tert-OH is 2. The van der Waals surface area contributed by atoms with Gasteiger partial charge in [0.1, 0.15) is 6.42 Å². The van der Waals surface area contributed by atoms with E-state index in [0.29, 0.717) is 25.0 Å². The predicted molar refractivity (Wildman–Crippen MR) is 59.5 cm³/mol. The third-order valence-electron chi connectivity index (χ3n) is 2.79. The Labute approximate surface area is 99.9 Å². The molecule has 1 fully saturated rings. The molecular weight excluding hydrogens is 228 g/mol. The van der Waals surface area contributed by atoms with Gasteiger partial charge in [0.2, 0.25) is 0 Å². The maximum atomic E-state index is 9.43. The number of aliphatic hydroxyl groups is 2. The highest BCUT2D eigenvalue weighted by Gasteiger charge is 2.19. The van der Waals surface area contributed by atoms with Crippen molar-refractivity contribution in [2.75, 3.05) is 13.2 Å². The molecule has 0 atom stereocenters. The van der Waals surface area contributed by atoms with Gasteiger partial charge in [0.05, 0.1) is 0 Å². The molecule has 1 aliphatic carbocycles. The summed E-state index contributed by atoms with van der Waals surface area (Å²) in [5, 5.41) is 33.0. The van der Waals surface area contributed by atoms with Crippen LogP contribution in [0.15, 0.2) is 0 Å². The van der Waals surface area contributed by atoms with Gasteiger partial charge >= 0.3 is 11.9 Å². The first-order valence-electron chi connectivity index (χ1n) is 5.64. The van der Waals surface area contributed by atoms with Crippen molar-refractivity contribution in [2.24, 2.45) is 11.8 Å². The second kappa shape index (κ2) is 8.95. The third-order valence-corrected chi connectivity index (χ3v) is 2.79. The summed E-state index contributed by atoms with van der Waals surface area (Å²) in [5.41, 5.74) is 0. The van der Waals surface area contributed by atoms with E-state index in [0.717, 1.165) is 25.7 Å².